The largest absolute Gasteiger partial charge is 0.350 e. The Balaban J connectivity index is 0.000000720. The molecule has 66 valence electrons. The highest BCUT2D eigenvalue weighted by Crippen LogP contribution is 1.95. The molecular weight excluding hydrogens is 267 g/mol. The lowest BCUT2D eigenvalue weighted by Gasteiger charge is -2.04. The molecule has 5 heteroatoms. The summed E-state index contributed by atoms with van der Waals surface area (Å²) >= 11 is 0. The van der Waals surface area contributed by atoms with Gasteiger partial charge in [0.1, 0.15) is 0 Å². The Morgan fingerprint density at radius 1 is 1.67 bits per heavy atom. The summed E-state index contributed by atoms with van der Waals surface area (Å²) in [5.74, 6) is 0.850. The maximum atomic E-state index is 4.27. The van der Waals surface area contributed by atoms with Crippen molar-refractivity contribution in [2.45, 2.75) is 13.0 Å². The molecule has 1 aromatic heterocycles. The van der Waals surface area contributed by atoms with Gasteiger partial charge in [-0.25, -0.2) is 9.67 Å². The fraction of sp³-hybridized carbons (Fsp3) is 0.429. The van der Waals surface area contributed by atoms with Crippen molar-refractivity contribution in [2.75, 3.05) is 6.54 Å². The van der Waals surface area contributed by atoms with Gasteiger partial charge < -0.3 is 5.32 Å². The van der Waals surface area contributed by atoms with Gasteiger partial charge in [-0.1, -0.05) is 0 Å². The quantitative estimate of drug-likeness (QED) is 0.710. The molecule has 0 amide bonds. The number of hydrogen-bond donors (Lipinski definition) is 1. The number of nitrogens with zero attached hydrogens (tertiary/aromatic N) is 3. The van der Waals surface area contributed by atoms with Gasteiger partial charge in [-0.05, 0) is 13.0 Å². The van der Waals surface area contributed by atoms with Crippen LogP contribution in [0.5, 0.6) is 0 Å². The lowest BCUT2D eigenvalue weighted by atomic mass is 10.4. The lowest BCUT2D eigenvalue weighted by molar-refractivity contribution is 0.713. The van der Waals surface area contributed by atoms with E-state index in [0.717, 1.165) is 12.5 Å². The van der Waals surface area contributed by atoms with Gasteiger partial charge in [0.25, 0.3) is 0 Å². The molecular formula is C7H11IN4. The highest BCUT2D eigenvalue weighted by Gasteiger charge is 2.13. The molecule has 1 N–H and O–H groups in total. The number of nitrogens with one attached hydrogen (secondary N) is 1. The van der Waals surface area contributed by atoms with Crippen molar-refractivity contribution in [1.29, 1.82) is 0 Å². The van der Waals surface area contributed by atoms with E-state index in [4.69, 9.17) is 0 Å². The Hall–Kier alpha value is -0.590. The van der Waals surface area contributed by atoms with E-state index in [1.165, 1.54) is 0 Å². The Morgan fingerprint density at radius 2 is 2.50 bits per heavy atom. The maximum Gasteiger partial charge on any atom is 0.219 e. The predicted molar refractivity (Wildman–Crippen MR) is 57.9 cm³/mol. The van der Waals surface area contributed by atoms with E-state index >= 15 is 0 Å². The first kappa shape index (κ1) is 9.50. The summed E-state index contributed by atoms with van der Waals surface area (Å²) in [5.41, 5.74) is 0. The number of halogens is 1. The molecule has 1 aliphatic rings. The van der Waals surface area contributed by atoms with E-state index in [1.54, 1.807) is 10.9 Å². The molecule has 0 saturated heterocycles. The first-order valence-corrected chi connectivity index (χ1v) is 3.67. The summed E-state index contributed by atoms with van der Waals surface area (Å²) in [6.07, 6.45) is 3.62. The second-order valence-electron chi connectivity index (χ2n) is 2.66. The van der Waals surface area contributed by atoms with Crippen molar-refractivity contribution >= 4 is 29.9 Å². The molecule has 0 fully saturated rings. The van der Waals surface area contributed by atoms with Crippen LogP contribution in [0.2, 0.25) is 0 Å². The topological polar surface area (TPSA) is 42.2 Å². The zero-order chi connectivity index (χ0) is 7.68. The van der Waals surface area contributed by atoms with Crippen molar-refractivity contribution in [2.24, 2.45) is 4.99 Å². The van der Waals surface area contributed by atoms with E-state index in [1.807, 2.05) is 12.3 Å². The number of aliphatic imine (C=N–C) groups is 1. The first-order valence-electron chi connectivity index (χ1n) is 3.67. The van der Waals surface area contributed by atoms with Crippen LogP contribution in [-0.2, 0) is 0 Å². The van der Waals surface area contributed by atoms with Crippen molar-refractivity contribution in [3.8, 4) is 0 Å². The molecule has 2 rings (SSSR count). The first-order chi connectivity index (χ1) is 5.36. The molecule has 1 aromatic rings. The summed E-state index contributed by atoms with van der Waals surface area (Å²) in [5, 5.41) is 7.26. The van der Waals surface area contributed by atoms with Crippen LogP contribution >= 0.6 is 24.0 Å². The highest BCUT2D eigenvalue weighted by molar-refractivity contribution is 14.0. The number of aromatic nitrogens is 2. The minimum Gasteiger partial charge on any atom is -0.350 e. The summed E-state index contributed by atoms with van der Waals surface area (Å²) in [6.45, 7) is 2.94. The van der Waals surface area contributed by atoms with Crippen LogP contribution in [0.3, 0.4) is 0 Å². The standard InChI is InChI=1S/C7H10N4.HI/c1-6-5-8-7(10-6)11-4-2-3-9-11;/h2-4,6H,5H2,1H3,(H,8,10);1H. The average molecular weight is 278 g/mol. The molecule has 4 nitrogen and oxygen atoms in total. The summed E-state index contributed by atoms with van der Waals surface area (Å²) in [7, 11) is 0. The molecule has 12 heavy (non-hydrogen) atoms. The van der Waals surface area contributed by atoms with Gasteiger partial charge >= 0.3 is 0 Å². The fourth-order valence-electron chi connectivity index (χ4n) is 1.07. The maximum absolute atomic E-state index is 4.27. The number of rotatable bonds is 0. The van der Waals surface area contributed by atoms with Gasteiger partial charge in [-0.3, -0.25) is 0 Å². The third-order valence-electron chi connectivity index (χ3n) is 1.61. The molecule has 1 atom stereocenters. The summed E-state index contributed by atoms with van der Waals surface area (Å²) in [6, 6.07) is 2.32. The molecule has 2 heterocycles. The van der Waals surface area contributed by atoms with Crippen LogP contribution < -0.4 is 5.32 Å². The van der Waals surface area contributed by atoms with E-state index in [2.05, 4.69) is 22.3 Å². The zero-order valence-corrected chi connectivity index (χ0v) is 9.10. The lowest BCUT2D eigenvalue weighted by Crippen LogP contribution is -2.32. The van der Waals surface area contributed by atoms with E-state index in [9.17, 15) is 0 Å². The predicted octanol–water partition coefficient (Wildman–Crippen LogP) is 0.697. The number of hydrogen-bond acceptors (Lipinski definition) is 3. The van der Waals surface area contributed by atoms with Crippen LogP contribution in [-0.4, -0.2) is 28.3 Å². The van der Waals surface area contributed by atoms with Crippen LogP contribution in [0.25, 0.3) is 0 Å². The summed E-state index contributed by atoms with van der Waals surface area (Å²) in [4.78, 5) is 4.27. The third kappa shape index (κ3) is 1.77. The smallest absolute Gasteiger partial charge is 0.219 e. The van der Waals surface area contributed by atoms with Crippen LogP contribution in [0.15, 0.2) is 23.5 Å². The van der Waals surface area contributed by atoms with Crippen molar-refractivity contribution < 1.29 is 0 Å². The SMILES string of the molecule is CC1CN=C(n2cccn2)N1.I. The minimum absolute atomic E-state index is 0. The molecule has 0 spiro atoms. The van der Waals surface area contributed by atoms with Gasteiger partial charge in [0.05, 0.1) is 6.54 Å². The van der Waals surface area contributed by atoms with Gasteiger partial charge in [-0.2, -0.15) is 5.10 Å². The average Bonchev–Trinajstić information content (AvgIpc) is 2.55. The monoisotopic (exact) mass is 278 g/mol. The second-order valence-corrected chi connectivity index (χ2v) is 2.66. The van der Waals surface area contributed by atoms with Gasteiger partial charge in [-0.15, -0.1) is 24.0 Å². The minimum atomic E-state index is 0. The van der Waals surface area contributed by atoms with Crippen molar-refractivity contribution in [3.63, 3.8) is 0 Å². The molecule has 0 aromatic carbocycles. The van der Waals surface area contributed by atoms with Crippen molar-refractivity contribution in [1.82, 2.24) is 15.1 Å². The van der Waals surface area contributed by atoms with Crippen LogP contribution in [0.4, 0.5) is 0 Å². The third-order valence-corrected chi connectivity index (χ3v) is 1.61. The Labute approximate surface area is 88.1 Å². The van der Waals surface area contributed by atoms with E-state index in [-0.39, 0.29) is 24.0 Å². The highest BCUT2D eigenvalue weighted by atomic mass is 127. The second kappa shape index (κ2) is 3.88. The molecule has 0 aliphatic carbocycles. The van der Waals surface area contributed by atoms with Gasteiger partial charge in [0, 0.05) is 18.4 Å². The normalized spacial score (nSPS) is 21.1. The molecule has 0 bridgehead atoms. The van der Waals surface area contributed by atoms with Crippen LogP contribution in [0, 0.1) is 0 Å². The van der Waals surface area contributed by atoms with Gasteiger partial charge in [0.2, 0.25) is 5.96 Å². The van der Waals surface area contributed by atoms with Gasteiger partial charge in [0.15, 0.2) is 0 Å². The fourth-order valence-corrected chi connectivity index (χ4v) is 1.07. The molecule has 0 saturated carbocycles. The molecule has 0 radical (unpaired) electrons. The van der Waals surface area contributed by atoms with Crippen LogP contribution in [0.1, 0.15) is 6.92 Å². The van der Waals surface area contributed by atoms with Crippen molar-refractivity contribution in [3.05, 3.63) is 18.5 Å². The Kier molecular flexibility index (Phi) is 3.07. The summed E-state index contributed by atoms with van der Waals surface area (Å²) < 4.78 is 1.74. The Morgan fingerprint density at radius 3 is 3.00 bits per heavy atom. The van der Waals surface area contributed by atoms with E-state index in [0.29, 0.717) is 6.04 Å². The molecule has 1 aliphatic heterocycles. The zero-order valence-electron chi connectivity index (χ0n) is 6.77. The Bertz CT molecular complexity index is 267. The molecule has 1 unspecified atom stereocenters. The van der Waals surface area contributed by atoms with E-state index < -0.39 is 0 Å².